The van der Waals surface area contributed by atoms with E-state index < -0.39 is 0 Å². The molecule has 0 aromatic rings. The third-order valence-electron chi connectivity index (χ3n) is 6.07. The lowest BCUT2D eigenvalue weighted by molar-refractivity contribution is 0.0780. The van der Waals surface area contributed by atoms with Crippen LogP contribution in [0.5, 0.6) is 0 Å². The van der Waals surface area contributed by atoms with Crippen molar-refractivity contribution in [1.82, 2.24) is 0 Å². The van der Waals surface area contributed by atoms with Gasteiger partial charge in [0.25, 0.3) is 0 Å². The fourth-order valence-corrected chi connectivity index (χ4v) is 5.22. The Hall–Kier alpha value is -0.260. The summed E-state index contributed by atoms with van der Waals surface area (Å²) < 4.78 is 0. The zero-order valence-electron chi connectivity index (χ0n) is 10.4. The first-order chi connectivity index (χ1) is 7.05. The Balaban J connectivity index is 2.00. The molecule has 5 atom stereocenters. The standard InChI is InChI=1S/C15H24/c1-9(2)11-7-8-15(4)10(3)12-5-6-13(15)14(11)12/h9,11-14H,3,5-8H2,1-2,4H3/t11-,12-,13-,14+,15-/m0/s1. The Kier molecular flexibility index (Phi) is 1.92. The third-order valence-corrected chi connectivity index (χ3v) is 6.07. The van der Waals surface area contributed by atoms with Gasteiger partial charge in [-0.25, -0.2) is 0 Å². The summed E-state index contributed by atoms with van der Waals surface area (Å²) in [6.45, 7) is 11.8. The number of rotatable bonds is 1. The molecule has 0 aromatic carbocycles. The molecule has 0 amide bonds. The van der Waals surface area contributed by atoms with Crippen LogP contribution in [0.3, 0.4) is 0 Å². The Morgan fingerprint density at radius 1 is 1.27 bits per heavy atom. The molecule has 3 saturated carbocycles. The Bertz CT molecular complexity index is 301. The van der Waals surface area contributed by atoms with E-state index in [1.807, 2.05) is 0 Å². The monoisotopic (exact) mass is 204 g/mol. The average Bonchev–Trinajstić information content (AvgIpc) is 2.65. The molecule has 84 valence electrons. The molecule has 3 aliphatic rings. The highest BCUT2D eigenvalue weighted by Crippen LogP contribution is 2.69. The maximum absolute atomic E-state index is 4.45. The quantitative estimate of drug-likeness (QED) is 0.559. The van der Waals surface area contributed by atoms with Crippen molar-refractivity contribution in [3.63, 3.8) is 0 Å². The molecule has 0 aromatic heterocycles. The lowest BCUT2D eigenvalue weighted by Gasteiger charge is -2.43. The molecule has 4 bridgehead atoms. The van der Waals surface area contributed by atoms with E-state index in [1.54, 1.807) is 5.57 Å². The highest BCUT2D eigenvalue weighted by atomic mass is 14.7. The third kappa shape index (κ3) is 1.04. The molecule has 0 heteroatoms. The fraction of sp³-hybridized carbons (Fsp3) is 0.867. The Labute approximate surface area is 94.1 Å². The molecule has 0 nitrogen and oxygen atoms in total. The van der Waals surface area contributed by atoms with Crippen molar-refractivity contribution < 1.29 is 0 Å². The molecular formula is C15H24. The summed E-state index contributed by atoms with van der Waals surface area (Å²) in [5.74, 6) is 4.78. The van der Waals surface area contributed by atoms with Gasteiger partial charge in [-0.05, 0) is 60.7 Å². The van der Waals surface area contributed by atoms with Gasteiger partial charge in [0.15, 0.2) is 0 Å². The van der Waals surface area contributed by atoms with E-state index in [9.17, 15) is 0 Å². The van der Waals surface area contributed by atoms with Crippen molar-refractivity contribution in [2.24, 2.45) is 35.0 Å². The van der Waals surface area contributed by atoms with Crippen LogP contribution in [0.25, 0.3) is 0 Å². The van der Waals surface area contributed by atoms with Crippen LogP contribution in [0.15, 0.2) is 12.2 Å². The van der Waals surface area contributed by atoms with Gasteiger partial charge < -0.3 is 0 Å². The van der Waals surface area contributed by atoms with Crippen LogP contribution >= 0.6 is 0 Å². The molecule has 0 N–H and O–H groups in total. The summed E-state index contributed by atoms with van der Waals surface area (Å²) in [5.41, 5.74) is 2.17. The van der Waals surface area contributed by atoms with Gasteiger partial charge in [-0.2, -0.15) is 0 Å². The van der Waals surface area contributed by atoms with Crippen LogP contribution in [-0.4, -0.2) is 0 Å². The topological polar surface area (TPSA) is 0 Å². The van der Waals surface area contributed by atoms with Crippen molar-refractivity contribution in [2.75, 3.05) is 0 Å². The van der Waals surface area contributed by atoms with Crippen molar-refractivity contribution in [1.29, 1.82) is 0 Å². The minimum atomic E-state index is 0.541. The smallest absolute Gasteiger partial charge is 0.00849 e. The first kappa shape index (κ1) is 9.93. The average molecular weight is 204 g/mol. The lowest BCUT2D eigenvalue weighted by atomic mass is 9.62. The van der Waals surface area contributed by atoms with Crippen LogP contribution in [0.4, 0.5) is 0 Å². The van der Waals surface area contributed by atoms with Crippen LogP contribution in [0, 0.1) is 35.0 Å². The summed E-state index contributed by atoms with van der Waals surface area (Å²) in [7, 11) is 0. The van der Waals surface area contributed by atoms with Crippen molar-refractivity contribution in [3.05, 3.63) is 12.2 Å². The number of hydrogen-bond donors (Lipinski definition) is 0. The minimum Gasteiger partial charge on any atom is -0.0990 e. The zero-order chi connectivity index (χ0) is 10.8. The van der Waals surface area contributed by atoms with Crippen molar-refractivity contribution in [2.45, 2.75) is 46.5 Å². The fourth-order valence-electron chi connectivity index (χ4n) is 5.22. The van der Waals surface area contributed by atoms with E-state index >= 15 is 0 Å². The van der Waals surface area contributed by atoms with Gasteiger partial charge in [-0.3, -0.25) is 0 Å². The second-order valence-corrected chi connectivity index (χ2v) is 6.76. The summed E-state index contributed by atoms with van der Waals surface area (Å²) in [6, 6.07) is 0. The Morgan fingerprint density at radius 3 is 2.67 bits per heavy atom. The summed E-state index contributed by atoms with van der Waals surface area (Å²) in [4.78, 5) is 0. The second-order valence-electron chi connectivity index (χ2n) is 6.76. The first-order valence-electron chi connectivity index (χ1n) is 6.75. The highest BCUT2D eigenvalue weighted by Gasteiger charge is 2.61. The second kappa shape index (κ2) is 2.90. The molecule has 0 saturated heterocycles. The van der Waals surface area contributed by atoms with Gasteiger partial charge in [0, 0.05) is 0 Å². The van der Waals surface area contributed by atoms with Crippen LogP contribution in [0.2, 0.25) is 0 Å². The molecule has 0 unspecified atom stereocenters. The van der Waals surface area contributed by atoms with E-state index in [4.69, 9.17) is 0 Å². The lowest BCUT2D eigenvalue weighted by Crippen LogP contribution is -2.35. The molecule has 0 spiro atoms. The predicted octanol–water partition coefficient (Wildman–Crippen LogP) is 4.27. The first-order valence-corrected chi connectivity index (χ1v) is 6.75. The molecule has 3 aliphatic carbocycles. The maximum Gasteiger partial charge on any atom is -0.00849 e. The van der Waals surface area contributed by atoms with Gasteiger partial charge in [-0.15, -0.1) is 0 Å². The van der Waals surface area contributed by atoms with Crippen molar-refractivity contribution >= 4 is 0 Å². The number of allylic oxidation sites excluding steroid dienone is 1. The van der Waals surface area contributed by atoms with E-state index in [1.165, 1.54) is 25.7 Å². The summed E-state index contributed by atoms with van der Waals surface area (Å²) in [5, 5.41) is 0. The van der Waals surface area contributed by atoms with Gasteiger partial charge >= 0.3 is 0 Å². The largest absolute Gasteiger partial charge is 0.0990 e. The Morgan fingerprint density at radius 2 is 2.00 bits per heavy atom. The molecule has 3 fully saturated rings. The molecule has 0 aliphatic heterocycles. The molecule has 3 rings (SSSR count). The van der Waals surface area contributed by atoms with Crippen molar-refractivity contribution in [3.8, 4) is 0 Å². The van der Waals surface area contributed by atoms with E-state index in [0.29, 0.717) is 5.41 Å². The van der Waals surface area contributed by atoms with E-state index in [-0.39, 0.29) is 0 Å². The normalized spacial score (nSPS) is 52.9. The zero-order valence-corrected chi connectivity index (χ0v) is 10.4. The molecule has 0 radical (unpaired) electrons. The summed E-state index contributed by atoms with van der Waals surface area (Å²) in [6.07, 6.45) is 5.83. The van der Waals surface area contributed by atoms with Gasteiger partial charge in [0.05, 0.1) is 0 Å². The summed E-state index contributed by atoms with van der Waals surface area (Å²) >= 11 is 0. The van der Waals surface area contributed by atoms with Crippen LogP contribution in [-0.2, 0) is 0 Å². The van der Waals surface area contributed by atoms with Gasteiger partial charge in [-0.1, -0.05) is 32.9 Å². The molecule has 0 heterocycles. The minimum absolute atomic E-state index is 0.541. The van der Waals surface area contributed by atoms with E-state index in [0.717, 1.165) is 29.6 Å². The van der Waals surface area contributed by atoms with Gasteiger partial charge in [0.1, 0.15) is 0 Å². The van der Waals surface area contributed by atoms with Crippen LogP contribution in [0.1, 0.15) is 46.5 Å². The predicted molar refractivity (Wildman–Crippen MR) is 64.5 cm³/mol. The maximum atomic E-state index is 4.45. The highest BCUT2D eigenvalue weighted by molar-refractivity contribution is 5.29. The van der Waals surface area contributed by atoms with Crippen LogP contribution < -0.4 is 0 Å². The van der Waals surface area contributed by atoms with E-state index in [2.05, 4.69) is 27.4 Å². The molecule has 15 heavy (non-hydrogen) atoms. The molecular weight excluding hydrogens is 180 g/mol. The number of hydrogen-bond acceptors (Lipinski definition) is 0. The SMILES string of the molecule is C=C1[C@@H]2CC[C@H]3[C@@H]2[C@H](C(C)C)CC[C@@]13C. The van der Waals surface area contributed by atoms with Gasteiger partial charge in [0.2, 0.25) is 0 Å².